The fourth-order valence-electron chi connectivity index (χ4n) is 3.13. The highest BCUT2D eigenvalue weighted by atomic mass is 32.2. The van der Waals surface area contributed by atoms with E-state index in [1.54, 1.807) is 7.11 Å². The number of carbonyl (C=O) groups excluding carboxylic acids is 1. The van der Waals surface area contributed by atoms with Gasteiger partial charge >= 0.3 is 0 Å². The van der Waals surface area contributed by atoms with E-state index < -0.39 is 0 Å². The van der Waals surface area contributed by atoms with Gasteiger partial charge in [0, 0.05) is 37.2 Å². The Morgan fingerprint density at radius 1 is 1.17 bits per heavy atom. The van der Waals surface area contributed by atoms with E-state index in [1.807, 2.05) is 51.1 Å². The van der Waals surface area contributed by atoms with E-state index in [2.05, 4.69) is 14.8 Å². The standard InChI is InChI=1S/C22H27N3O4S/c1-15-6-8-18(9-7-15)28-13-21-23-24-22(29-21)30-14-20(26)19-12-16(2)25(17(19)3)10-5-11-27-4/h6-9,12H,5,10-11,13-14H2,1-4H3. The molecule has 0 fully saturated rings. The summed E-state index contributed by atoms with van der Waals surface area (Å²) in [4.78, 5) is 12.7. The lowest BCUT2D eigenvalue weighted by molar-refractivity contribution is 0.102. The van der Waals surface area contributed by atoms with Crippen LogP contribution < -0.4 is 4.74 Å². The van der Waals surface area contributed by atoms with Gasteiger partial charge in [-0.25, -0.2) is 0 Å². The van der Waals surface area contributed by atoms with Crippen molar-refractivity contribution in [2.24, 2.45) is 0 Å². The van der Waals surface area contributed by atoms with Crippen LogP contribution in [0.3, 0.4) is 0 Å². The van der Waals surface area contributed by atoms with E-state index >= 15 is 0 Å². The van der Waals surface area contributed by atoms with Gasteiger partial charge in [-0.2, -0.15) is 0 Å². The zero-order valence-electron chi connectivity index (χ0n) is 17.8. The number of aryl methyl sites for hydroxylation is 2. The Bertz CT molecular complexity index is 979. The Morgan fingerprint density at radius 3 is 2.67 bits per heavy atom. The molecule has 2 aromatic heterocycles. The number of ether oxygens (including phenoxy) is 2. The summed E-state index contributed by atoms with van der Waals surface area (Å²) in [6.07, 6.45) is 0.907. The maximum atomic E-state index is 12.7. The lowest BCUT2D eigenvalue weighted by Gasteiger charge is -2.09. The number of hydrogen-bond donors (Lipinski definition) is 0. The molecule has 1 aromatic carbocycles. The average Bonchev–Trinajstić information content (AvgIpc) is 3.31. The third kappa shape index (κ3) is 5.73. The molecule has 8 heteroatoms. The molecule has 3 rings (SSSR count). The summed E-state index contributed by atoms with van der Waals surface area (Å²) in [6, 6.07) is 9.69. The molecule has 0 unspecified atom stereocenters. The highest BCUT2D eigenvalue weighted by Gasteiger charge is 2.17. The van der Waals surface area contributed by atoms with Crippen molar-refractivity contribution in [3.63, 3.8) is 0 Å². The summed E-state index contributed by atoms with van der Waals surface area (Å²) >= 11 is 1.24. The summed E-state index contributed by atoms with van der Waals surface area (Å²) in [5.41, 5.74) is 3.95. The molecule has 3 aromatic rings. The van der Waals surface area contributed by atoms with Crippen molar-refractivity contribution < 1.29 is 18.7 Å². The summed E-state index contributed by atoms with van der Waals surface area (Å²) in [7, 11) is 1.69. The molecule has 0 atom stereocenters. The Hall–Kier alpha value is -2.58. The first kappa shape index (κ1) is 22.1. The van der Waals surface area contributed by atoms with Crippen LogP contribution in [-0.4, -0.2) is 40.0 Å². The van der Waals surface area contributed by atoms with Gasteiger partial charge in [0.2, 0.25) is 0 Å². The molecule has 160 valence electrons. The molecular weight excluding hydrogens is 402 g/mol. The van der Waals surface area contributed by atoms with Crippen LogP contribution in [0.2, 0.25) is 0 Å². The Balaban J connectivity index is 1.52. The Kier molecular flexibility index (Phi) is 7.70. The maximum absolute atomic E-state index is 12.7. The molecule has 0 bridgehead atoms. The maximum Gasteiger partial charge on any atom is 0.277 e. The summed E-state index contributed by atoms with van der Waals surface area (Å²) in [6.45, 7) is 7.73. The van der Waals surface area contributed by atoms with Gasteiger partial charge in [0.1, 0.15) is 5.75 Å². The number of Topliss-reactive ketones (excluding diaryl/α,β-unsaturated/α-hetero) is 1. The molecule has 7 nitrogen and oxygen atoms in total. The van der Waals surface area contributed by atoms with Crippen molar-refractivity contribution in [1.29, 1.82) is 0 Å². The van der Waals surface area contributed by atoms with Crippen LogP contribution in [0.15, 0.2) is 40.0 Å². The van der Waals surface area contributed by atoms with Crippen molar-refractivity contribution in [3.05, 3.63) is 58.7 Å². The van der Waals surface area contributed by atoms with Gasteiger partial charge in [-0.3, -0.25) is 4.79 Å². The highest BCUT2D eigenvalue weighted by Crippen LogP contribution is 2.22. The van der Waals surface area contributed by atoms with E-state index in [0.717, 1.165) is 35.7 Å². The van der Waals surface area contributed by atoms with Gasteiger partial charge in [-0.05, 0) is 45.4 Å². The Morgan fingerprint density at radius 2 is 1.93 bits per heavy atom. The van der Waals surface area contributed by atoms with Crippen LogP contribution in [-0.2, 0) is 17.9 Å². The van der Waals surface area contributed by atoms with Crippen LogP contribution in [0, 0.1) is 20.8 Å². The average molecular weight is 430 g/mol. The minimum atomic E-state index is 0.0433. The monoisotopic (exact) mass is 429 g/mol. The van der Waals surface area contributed by atoms with Gasteiger partial charge in [-0.1, -0.05) is 29.5 Å². The topological polar surface area (TPSA) is 79.4 Å². The van der Waals surface area contributed by atoms with Crippen LogP contribution in [0.5, 0.6) is 5.75 Å². The van der Waals surface area contributed by atoms with Crippen molar-refractivity contribution >= 4 is 17.5 Å². The molecule has 0 aliphatic rings. The zero-order chi connectivity index (χ0) is 21.5. The van der Waals surface area contributed by atoms with Crippen LogP contribution in [0.25, 0.3) is 0 Å². The second-order valence-corrected chi connectivity index (χ2v) is 7.98. The number of hydrogen-bond acceptors (Lipinski definition) is 7. The molecule has 0 N–H and O–H groups in total. The number of nitrogens with zero attached hydrogens (tertiary/aromatic N) is 3. The van der Waals surface area contributed by atoms with Crippen LogP contribution >= 0.6 is 11.8 Å². The molecule has 0 aliphatic carbocycles. The number of aromatic nitrogens is 3. The van der Waals surface area contributed by atoms with Crippen LogP contribution in [0.1, 0.15) is 39.6 Å². The third-order valence-corrected chi connectivity index (χ3v) is 5.58. The first-order valence-corrected chi connectivity index (χ1v) is 10.8. The quantitative estimate of drug-likeness (QED) is 0.254. The van der Waals surface area contributed by atoms with Crippen LogP contribution in [0.4, 0.5) is 0 Å². The number of carbonyl (C=O) groups is 1. The van der Waals surface area contributed by atoms with E-state index in [1.165, 1.54) is 17.3 Å². The molecule has 0 spiro atoms. The SMILES string of the molecule is COCCCn1c(C)cc(C(=O)CSc2nnc(COc3ccc(C)cc3)o2)c1C. The molecule has 0 aliphatic heterocycles. The normalized spacial score (nSPS) is 11.1. The van der Waals surface area contributed by atoms with Crippen molar-refractivity contribution in [2.45, 2.75) is 45.6 Å². The molecule has 0 amide bonds. The third-order valence-electron chi connectivity index (χ3n) is 4.76. The lowest BCUT2D eigenvalue weighted by Crippen LogP contribution is -2.08. The fourth-order valence-corrected chi connectivity index (χ4v) is 3.80. The first-order chi connectivity index (χ1) is 14.5. The fraction of sp³-hybridized carbons (Fsp3) is 0.409. The molecule has 2 heterocycles. The molecule has 0 saturated heterocycles. The molecule has 0 saturated carbocycles. The highest BCUT2D eigenvalue weighted by molar-refractivity contribution is 7.99. The number of ketones is 1. The van der Waals surface area contributed by atoms with Gasteiger partial charge in [0.25, 0.3) is 11.1 Å². The second kappa shape index (κ2) is 10.4. The first-order valence-electron chi connectivity index (χ1n) is 9.81. The van der Waals surface area contributed by atoms with E-state index in [9.17, 15) is 4.79 Å². The predicted octanol–water partition coefficient (Wildman–Crippen LogP) is 4.39. The number of benzene rings is 1. The van der Waals surface area contributed by atoms with E-state index in [4.69, 9.17) is 13.9 Å². The van der Waals surface area contributed by atoms with E-state index in [0.29, 0.717) is 17.7 Å². The van der Waals surface area contributed by atoms with Crippen molar-refractivity contribution in [2.75, 3.05) is 19.5 Å². The minimum absolute atomic E-state index is 0.0433. The van der Waals surface area contributed by atoms with Gasteiger partial charge in [-0.15, -0.1) is 10.2 Å². The van der Waals surface area contributed by atoms with Crippen molar-refractivity contribution in [3.8, 4) is 5.75 Å². The largest absolute Gasteiger partial charge is 0.484 e. The second-order valence-electron chi connectivity index (χ2n) is 7.06. The number of rotatable bonds is 11. The lowest BCUT2D eigenvalue weighted by atomic mass is 10.2. The predicted molar refractivity (Wildman–Crippen MR) is 115 cm³/mol. The van der Waals surface area contributed by atoms with Crippen molar-refractivity contribution in [1.82, 2.24) is 14.8 Å². The molecule has 30 heavy (non-hydrogen) atoms. The van der Waals surface area contributed by atoms with Gasteiger partial charge in [0.15, 0.2) is 12.4 Å². The van der Waals surface area contributed by atoms with Gasteiger partial charge in [0.05, 0.1) is 5.75 Å². The zero-order valence-corrected chi connectivity index (χ0v) is 18.6. The smallest absolute Gasteiger partial charge is 0.277 e. The number of methoxy groups -OCH3 is 1. The Labute approximate surface area is 180 Å². The molecular formula is C22H27N3O4S. The summed E-state index contributed by atoms with van der Waals surface area (Å²) in [5.74, 6) is 1.40. The summed E-state index contributed by atoms with van der Waals surface area (Å²) < 4.78 is 18.5. The molecule has 0 radical (unpaired) electrons. The summed E-state index contributed by atoms with van der Waals surface area (Å²) in [5, 5.41) is 8.35. The van der Waals surface area contributed by atoms with E-state index in [-0.39, 0.29) is 18.1 Å². The van der Waals surface area contributed by atoms with Gasteiger partial charge < -0.3 is 18.5 Å². The number of thioether (sulfide) groups is 1. The minimum Gasteiger partial charge on any atom is -0.484 e.